The molecule has 0 bridgehead atoms. The molecule has 0 saturated carbocycles. The Kier molecular flexibility index (Phi) is 5.46. The van der Waals surface area contributed by atoms with E-state index in [0.717, 1.165) is 38.2 Å². The highest BCUT2D eigenvalue weighted by molar-refractivity contribution is 5.93. The summed E-state index contributed by atoms with van der Waals surface area (Å²) in [5, 5.41) is 5.55. The van der Waals surface area contributed by atoms with Gasteiger partial charge in [0.15, 0.2) is 0 Å². The van der Waals surface area contributed by atoms with Gasteiger partial charge in [-0.2, -0.15) is 5.10 Å². The van der Waals surface area contributed by atoms with Crippen LogP contribution in [0.1, 0.15) is 21.5 Å². The van der Waals surface area contributed by atoms with Crippen molar-refractivity contribution in [2.75, 3.05) is 26.2 Å². The van der Waals surface area contributed by atoms with E-state index in [9.17, 15) is 4.79 Å². The van der Waals surface area contributed by atoms with Crippen molar-refractivity contribution < 1.29 is 4.79 Å². The fourth-order valence-corrected chi connectivity index (χ4v) is 4.16. The van der Waals surface area contributed by atoms with Crippen molar-refractivity contribution in [1.29, 1.82) is 0 Å². The Morgan fingerprint density at radius 2 is 1.68 bits per heavy atom. The largest absolute Gasteiger partial charge is 0.336 e. The number of hydrogen-bond donors (Lipinski definition) is 0. The molecule has 0 N–H and O–H groups in total. The molecule has 2 aromatic carbocycles. The topological polar surface area (TPSA) is 54.3 Å². The fraction of sp³-hybridized carbons (Fsp3) is 0.240. The average molecular weight is 412 g/mol. The van der Waals surface area contributed by atoms with Crippen LogP contribution >= 0.6 is 0 Å². The summed E-state index contributed by atoms with van der Waals surface area (Å²) in [4.78, 5) is 21.8. The molecule has 1 aliphatic rings. The predicted octanol–water partition coefficient (Wildman–Crippen LogP) is 3.44. The van der Waals surface area contributed by atoms with Crippen molar-refractivity contribution in [2.45, 2.75) is 13.1 Å². The summed E-state index contributed by atoms with van der Waals surface area (Å²) < 4.78 is 1.83. The first-order valence-electron chi connectivity index (χ1n) is 10.7. The molecular formula is C25H25N5O. The van der Waals surface area contributed by atoms with E-state index in [0.29, 0.717) is 12.1 Å². The number of carbonyl (C=O) groups excluding carboxylic acids is 1. The predicted molar refractivity (Wildman–Crippen MR) is 121 cm³/mol. The molecule has 0 radical (unpaired) electrons. The number of carbonyl (C=O) groups is 1. The molecule has 31 heavy (non-hydrogen) atoms. The number of nitrogens with zero attached hydrogens (tertiary/aromatic N) is 5. The molecule has 6 heteroatoms. The molecule has 2 aromatic heterocycles. The first-order chi connectivity index (χ1) is 15.3. The molecular weight excluding hydrogens is 386 g/mol. The van der Waals surface area contributed by atoms with Crippen LogP contribution in [0.15, 0.2) is 79.3 Å². The Labute approximate surface area is 181 Å². The van der Waals surface area contributed by atoms with Crippen molar-refractivity contribution >= 4 is 16.8 Å². The number of pyridine rings is 1. The smallest absolute Gasteiger partial charge is 0.257 e. The Hall–Kier alpha value is -3.51. The third-order valence-corrected chi connectivity index (χ3v) is 5.84. The van der Waals surface area contributed by atoms with Crippen LogP contribution < -0.4 is 0 Å². The van der Waals surface area contributed by atoms with E-state index in [1.807, 2.05) is 46.2 Å². The highest BCUT2D eigenvalue weighted by Gasteiger charge is 2.23. The van der Waals surface area contributed by atoms with E-state index >= 15 is 0 Å². The Bertz CT molecular complexity index is 1170. The van der Waals surface area contributed by atoms with Crippen LogP contribution in [0.5, 0.6) is 0 Å². The van der Waals surface area contributed by atoms with Crippen molar-refractivity contribution in [2.24, 2.45) is 0 Å². The number of benzene rings is 2. The van der Waals surface area contributed by atoms with Gasteiger partial charge < -0.3 is 4.90 Å². The maximum Gasteiger partial charge on any atom is 0.257 e. The summed E-state index contributed by atoms with van der Waals surface area (Å²) in [6.07, 6.45) is 5.38. The lowest BCUT2D eigenvalue weighted by Gasteiger charge is -2.34. The molecule has 1 fully saturated rings. The molecule has 3 heterocycles. The molecule has 1 amide bonds. The first kappa shape index (κ1) is 19.5. The van der Waals surface area contributed by atoms with Gasteiger partial charge in [0.25, 0.3) is 5.91 Å². The zero-order valence-corrected chi connectivity index (χ0v) is 17.4. The van der Waals surface area contributed by atoms with Crippen LogP contribution in [-0.2, 0) is 13.1 Å². The van der Waals surface area contributed by atoms with Gasteiger partial charge in [0.1, 0.15) is 0 Å². The van der Waals surface area contributed by atoms with E-state index < -0.39 is 0 Å². The molecule has 1 aliphatic heterocycles. The molecule has 6 nitrogen and oxygen atoms in total. The van der Waals surface area contributed by atoms with Gasteiger partial charge in [-0.25, -0.2) is 0 Å². The number of hydrogen-bond acceptors (Lipinski definition) is 4. The van der Waals surface area contributed by atoms with Gasteiger partial charge in [0.2, 0.25) is 0 Å². The minimum Gasteiger partial charge on any atom is -0.336 e. The van der Waals surface area contributed by atoms with E-state index in [-0.39, 0.29) is 5.91 Å². The summed E-state index contributed by atoms with van der Waals surface area (Å²) in [5.41, 5.74) is 4.12. The van der Waals surface area contributed by atoms with Crippen LogP contribution in [0.2, 0.25) is 0 Å². The highest BCUT2D eigenvalue weighted by Crippen LogP contribution is 2.19. The quantitative estimate of drug-likeness (QED) is 0.505. The number of piperazine rings is 1. The van der Waals surface area contributed by atoms with Crippen molar-refractivity contribution in [3.8, 4) is 0 Å². The lowest BCUT2D eigenvalue weighted by molar-refractivity contribution is 0.0629. The van der Waals surface area contributed by atoms with Gasteiger partial charge in [-0.05, 0) is 17.2 Å². The molecule has 5 rings (SSSR count). The normalized spacial score (nSPS) is 14.8. The average Bonchev–Trinajstić information content (AvgIpc) is 3.28. The number of rotatable bonds is 5. The van der Waals surface area contributed by atoms with E-state index in [2.05, 4.69) is 51.4 Å². The van der Waals surface area contributed by atoms with Crippen molar-refractivity contribution in [3.63, 3.8) is 0 Å². The van der Waals surface area contributed by atoms with Gasteiger partial charge in [-0.15, -0.1) is 0 Å². The van der Waals surface area contributed by atoms with Crippen molar-refractivity contribution in [3.05, 3.63) is 95.9 Å². The molecule has 156 valence electrons. The summed E-state index contributed by atoms with van der Waals surface area (Å²) in [6, 6.07) is 20.6. The van der Waals surface area contributed by atoms with E-state index in [1.54, 1.807) is 6.20 Å². The standard InChI is InChI=1S/C25H25N5O/c31-25(23-16-27-30(19-23)17-20-6-2-1-3-7-20)29-14-12-28(13-15-29)18-22-9-4-8-21-10-5-11-26-24(21)22/h1-11,16,19H,12-15,17-18H2. The summed E-state index contributed by atoms with van der Waals surface area (Å²) in [6.45, 7) is 4.67. The zero-order chi connectivity index (χ0) is 21.0. The maximum absolute atomic E-state index is 12.9. The molecule has 0 aliphatic carbocycles. The third-order valence-electron chi connectivity index (χ3n) is 5.84. The minimum atomic E-state index is 0.0609. The molecule has 1 saturated heterocycles. The summed E-state index contributed by atoms with van der Waals surface area (Å²) >= 11 is 0. The first-order valence-corrected chi connectivity index (χ1v) is 10.7. The highest BCUT2D eigenvalue weighted by atomic mass is 16.2. The van der Waals surface area contributed by atoms with Crippen LogP contribution in [0.25, 0.3) is 10.9 Å². The van der Waals surface area contributed by atoms with E-state index in [1.165, 1.54) is 16.5 Å². The zero-order valence-electron chi connectivity index (χ0n) is 17.4. The molecule has 0 atom stereocenters. The lowest BCUT2D eigenvalue weighted by Crippen LogP contribution is -2.48. The Balaban J connectivity index is 1.19. The monoisotopic (exact) mass is 411 g/mol. The second-order valence-electron chi connectivity index (χ2n) is 7.97. The van der Waals surface area contributed by atoms with Crippen LogP contribution in [0.4, 0.5) is 0 Å². The second kappa shape index (κ2) is 8.70. The van der Waals surface area contributed by atoms with Gasteiger partial charge in [0.05, 0.1) is 23.8 Å². The number of fused-ring (bicyclic) bond motifs is 1. The minimum absolute atomic E-state index is 0.0609. The van der Waals surface area contributed by atoms with Gasteiger partial charge in [0, 0.05) is 50.5 Å². The van der Waals surface area contributed by atoms with Crippen LogP contribution in [0, 0.1) is 0 Å². The second-order valence-corrected chi connectivity index (χ2v) is 7.97. The molecule has 0 unspecified atom stereocenters. The number of amides is 1. The van der Waals surface area contributed by atoms with Gasteiger partial charge in [-0.1, -0.05) is 54.6 Å². The van der Waals surface area contributed by atoms with Crippen LogP contribution in [-0.4, -0.2) is 56.7 Å². The lowest BCUT2D eigenvalue weighted by atomic mass is 10.1. The number of aromatic nitrogens is 3. The summed E-state index contributed by atoms with van der Waals surface area (Å²) in [7, 11) is 0. The van der Waals surface area contributed by atoms with Gasteiger partial charge >= 0.3 is 0 Å². The fourth-order valence-electron chi connectivity index (χ4n) is 4.16. The third kappa shape index (κ3) is 4.34. The Morgan fingerprint density at radius 3 is 2.52 bits per heavy atom. The van der Waals surface area contributed by atoms with Crippen LogP contribution in [0.3, 0.4) is 0 Å². The van der Waals surface area contributed by atoms with Crippen molar-refractivity contribution in [1.82, 2.24) is 24.6 Å². The van der Waals surface area contributed by atoms with E-state index in [4.69, 9.17) is 0 Å². The molecule has 4 aromatic rings. The van der Waals surface area contributed by atoms with Gasteiger partial charge in [-0.3, -0.25) is 19.4 Å². The Morgan fingerprint density at radius 1 is 0.871 bits per heavy atom. The maximum atomic E-state index is 12.9. The molecule has 0 spiro atoms. The number of para-hydroxylation sites is 1. The SMILES string of the molecule is O=C(c1cnn(Cc2ccccc2)c1)N1CCN(Cc2cccc3cccnc23)CC1. The summed E-state index contributed by atoms with van der Waals surface area (Å²) in [5.74, 6) is 0.0609.